The van der Waals surface area contributed by atoms with Crippen molar-refractivity contribution in [1.82, 2.24) is 14.5 Å². The van der Waals surface area contributed by atoms with Gasteiger partial charge in [0.15, 0.2) is 5.16 Å². The lowest BCUT2D eigenvalue weighted by molar-refractivity contribution is 0.728. The number of fused-ring (bicyclic) bond motifs is 1. The smallest absolute Gasteiger partial charge is 0.262 e. The van der Waals surface area contributed by atoms with Crippen LogP contribution in [0, 0.1) is 0 Å². The number of thioether (sulfide) groups is 1. The summed E-state index contributed by atoms with van der Waals surface area (Å²) in [5, 5.41) is 8.50. The molecule has 0 N–H and O–H groups in total. The van der Waals surface area contributed by atoms with E-state index in [9.17, 15) is 4.79 Å². The van der Waals surface area contributed by atoms with E-state index in [2.05, 4.69) is 26.8 Å². The number of aromatic nitrogens is 3. The van der Waals surface area contributed by atoms with Gasteiger partial charge in [0.1, 0.15) is 9.84 Å². The van der Waals surface area contributed by atoms with Crippen molar-refractivity contribution >= 4 is 56.0 Å². The van der Waals surface area contributed by atoms with Gasteiger partial charge >= 0.3 is 0 Å². The molecule has 0 atom stereocenters. The largest absolute Gasteiger partial charge is 0.290 e. The molecular formula is C15H11N3OS4. The molecule has 0 bridgehead atoms. The first-order valence-electron chi connectivity index (χ1n) is 6.77. The standard InChI is InChI=1S/C15H11N3OS4/c1-18-14(19)10-4-6-21-12(10)17-15(18)23-8-9-7-22-13(16-9)11-3-2-5-20-11/h2-7H,8H2,1H3. The maximum Gasteiger partial charge on any atom is 0.262 e. The Morgan fingerprint density at radius 2 is 2.09 bits per heavy atom. The normalized spacial score (nSPS) is 11.3. The topological polar surface area (TPSA) is 47.8 Å². The molecule has 4 rings (SSSR count). The number of thiazole rings is 1. The summed E-state index contributed by atoms with van der Waals surface area (Å²) >= 11 is 6.40. The van der Waals surface area contributed by atoms with Crippen molar-refractivity contribution in [3.05, 3.63) is 50.4 Å². The molecule has 4 nitrogen and oxygen atoms in total. The zero-order valence-electron chi connectivity index (χ0n) is 12.1. The average Bonchev–Trinajstić information content (AvgIpc) is 3.29. The van der Waals surface area contributed by atoms with Crippen molar-refractivity contribution in [2.45, 2.75) is 10.9 Å². The maximum absolute atomic E-state index is 12.3. The average molecular weight is 378 g/mol. The van der Waals surface area contributed by atoms with Gasteiger partial charge < -0.3 is 0 Å². The number of thiophene rings is 2. The molecule has 0 aliphatic carbocycles. The van der Waals surface area contributed by atoms with Crippen LogP contribution in [0.2, 0.25) is 0 Å². The van der Waals surface area contributed by atoms with E-state index in [-0.39, 0.29) is 5.56 Å². The van der Waals surface area contributed by atoms with Crippen LogP contribution in [0.1, 0.15) is 5.69 Å². The minimum atomic E-state index is 0.0105. The molecule has 0 saturated carbocycles. The summed E-state index contributed by atoms with van der Waals surface area (Å²) in [6.07, 6.45) is 0. The van der Waals surface area contributed by atoms with Crippen LogP contribution in [0.15, 0.2) is 44.3 Å². The highest BCUT2D eigenvalue weighted by Gasteiger charge is 2.11. The quantitative estimate of drug-likeness (QED) is 0.389. The van der Waals surface area contributed by atoms with Crippen LogP contribution in [0.4, 0.5) is 0 Å². The van der Waals surface area contributed by atoms with E-state index in [1.165, 1.54) is 16.2 Å². The number of nitrogens with zero attached hydrogens (tertiary/aromatic N) is 3. The molecule has 0 saturated heterocycles. The summed E-state index contributed by atoms with van der Waals surface area (Å²) in [5.74, 6) is 0.707. The fourth-order valence-corrected chi connectivity index (χ4v) is 5.54. The molecule has 116 valence electrons. The van der Waals surface area contributed by atoms with E-state index in [0.29, 0.717) is 11.1 Å². The molecule has 0 spiro atoms. The van der Waals surface area contributed by atoms with Gasteiger partial charge in [-0.15, -0.1) is 34.0 Å². The highest BCUT2D eigenvalue weighted by Crippen LogP contribution is 2.30. The van der Waals surface area contributed by atoms with Crippen LogP contribution >= 0.6 is 45.8 Å². The zero-order chi connectivity index (χ0) is 15.8. The Morgan fingerprint density at radius 3 is 2.91 bits per heavy atom. The van der Waals surface area contributed by atoms with Crippen LogP contribution < -0.4 is 5.56 Å². The van der Waals surface area contributed by atoms with Crippen molar-refractivity contribution in [3.8, 4) is 9.88 Å². The highest BCUT2D eigenvalue weighted by molar-refractivity contribution is 7.98. The van der Waals surface area contributed by atoms with Gasteiger partial charge in [0, 0.05) is 18.2 Å². The third-order valence-corrected chi connectivity index (χ3v) is 7.10. The van der Waals surface area contributed by atoms with Crippen molar-refractivity contribution < 1.29 is 0 Å². The Hall–Kier alpha value is -1.48. The molecule has 8 heteroatoms. The highest BCUT2D eigenvalue weighted by atomic mass is 32.2. The third-order valence-electron chi connectivity index (χ3n) is 3.30. The van der Waals surface area contributed by atoms with Gasteiger partial charge in [0.25, 0.3) is 5.56 Å². The molecule has 0 fully saturated rings. The molecule has 0 radical (unpaired) electrons. The Morgan fingerprint density at radius 1 is 1.17 bits per heavy atom. The van der Waals surface area contributed by atoms with Crippen molar-refractivity contribution in [1.29, 1.82) is 0 Å². The summed E-state index contributed by atoms with van der Waals surface area (Å²) in [6.45, 7) is 0. The fourth-order valence-electron chi connectivity index (χ4n) is 2.13. The lowest BCUT2D eigenvalue weighted by Crippen LogP contribution is -2.19. The second-order valence-electron chi connectivity index (χ2n) is 4.81. The van der Waals surface area contributed by atoms with Gasteiger partial charge in [0.2, 0.25) is 0 Å². The predicted octanol–water partition coefficient (Wildman–Crippen LogP) is 4.47. The Balaban J connectivity index is 1.57. The number of hydrogen-bond acceptors (Lipinski definition) is 7. The van der Waals surface area contributed by atoms with Gasteiger partial charge in [-0.2, -0.15) is 0 Å². The second-order valence-corrected chi connectivity index (χ2v) is 8.45. The van der Waals surface area contributed by atoms with E-state index < -0.39 is 0 Å². The van der Waals surface area contributed by atoms with E-state index in [1.807, 2.05) is 17.5 Å². The summed E-state index contributed by atoms with van der Waals surface area (Å²) in [7, 11) is 1.77. The molecule has 4 aromatic heterocycles. The van der Waals surface area contributed by atoms with Crippen LogP contribution in [0.5, 0.6) is 0 Å². The first kappa shape index (κ1) is 15.1. The molecule has 0 aliphatic heterocycles. The van der Waals surface area contributed by atoms with Gasteiger partial charge in [-0.25, -0.2) is 9.97 Å². The lowest BCUT2D eigenvalue weighted by atomic mass is 10.4. The van der Waals surface area contributed by atoms with E-state index in [1.54, 1.807) is 46.1 Å². The second kappa shape index (κ2) is 6.20. The molecule has 0 aliphatic rings. The first-order chi connectivity index (χ1) is 11.2. The molecule has 0 amide bonds. The van der Waals surface area contributed by atoms with Crippen molar-refractivity contribution in [2.75, 3.05) is 0 Å². The SMILES string of the molecule is Cn1c(SCc2csc(-c3cccs3)n2)nc2sccc2c1=O. The van der Waals surface area contributed by atoms with Gasteiger partial charge in [-0.05, 0) is 22.9 Å². The van der Waals surface area contributed by atoms with Gasteiger partial charge in [0.05, 0.1) is 16.0 Å². The van der Waals surface area contributed by atoms with Gasteiger partial charge in [-0.1, -0.05) is 17.8 Å². The summed E-state index contributed by atoms with van der Waals surface area (Å²) in [5.41, 5.74) is 1.03. The number of hydrogen-bond donors (Lipinski definition) is 0. The molecule has 4 aromatic rings. The van der Waals surface area contributed by atoms with Crippen molar-refractivity contribution in [3.63, 3.8) is 0 Å². The van der Waals surface area contributed by atoms with E-state index >= 15 is 0 Å². The van der Waals surface area contributed by atoms with E-state index in [4.69, 9.17) is 0 Å². The summed E-state index contributed by atoms with van der Waals surface area (Å²) in [6, 6.07) is 5.94. The van der Waals surface area contributed by atoms with Crippen LogP contribution in [-0.2, 0) is 12.8 Å². The predicted molar refractivity (Wildman–Crippen MR) is 99.8 cm³/mol. The maximum atomic E-state index is 12.3. The third kappa shape index (κ3) is 2.87. The van der Waals surface area contributed by atoms with E-state index in [0.717, 1.165) is 20.7 Å². The molecule has 4 heterocycles. The van der Waals surface area contributed by atoms with Gasteiger partial charge in [-0.3, -0.25) is 9.36 Å². The Labute approximate surface area is 148 Å². The monoisotopic (exact) mass is 377 g/mol. The number of rotatable bonds is 4. The molecule has 0 aromatic carbocycles. The zero-order valence-corrected chi connectivity index (χ0v) is 15.3. The fraction of sp³-hybridized carbons (Fsp3) is 0.133. The van der Waals surface area contributed by atoms with Crippen molar-refractivity contribution in [2.24, 2.45) is 7.05 Å². The Kier molecular flexibility index (Phi) is 4.06. The first-order valence-corrected chi connectivity index (χ1v) is 10.4. The van der Waals surface area contributed by atoms with Crippen LogP contribution in [0.25, 0.3) is 20.1 Å². The minimum absolute atomic E-state index is 0.0105. The molecular weight excluding hydrogens is 366 g/mol. The molecule has 23 heavy (non-hydrogen) atoms. The lowest BCUT2D eigenvalue weighted by Gasteiger charge is -2.05. The summed E-state index contributed by atoms with van der Waals surface area (Å²) < 4.78 is 1.62. The minimum Gasteiger partial charge on any atom is -0.290 e. The Bertz CT molecular complexity index is 1010. The van der Waals surface area contributed by atoms with Crippen LogP contribution in [-0.4, -0.2) is 14.5 Å². The summed E-state index contributed by atoms with van der Waals surface area (Å²) in [4.78, 5) is 23.5. The molecule has 0 unspecified atom stereocenters. The van der Waals surface area contributed by atoms with Crippen LogP contribution in [0.3, 0.4) is 0 Å².